The van der Waals surface area contributed by atoms with E-state index in [1.54, 1.807) is 22.5 Å². The summed E-state index contributed by atoms with van der Waals surface area (Å²) in [6, 6.07) is 4.75. The van der Waals surface area contributed by atoms with Crippen molar-refractivity contribution in [2.24, 2.45) is 5.92 Å². The summed E-state index contributed by atoms with van der Waals surface area (Å²) in [6.45, 7) is 3.29. The zero-order valence-corrected chi connectivity index (χ0v) is 12.7. The Bertz CT molecular complexity index is 545. The van der Waals surface area contributed by atoms with Crippen LogP contribution in [0.1, 0.15) is 19.8 Å². The molecule has 2 N–H and O–H groups in total. The molecule has 100 valence electrons. The number of rotatable bonds is 2. The molecule has 4 nitrogen and oxygen atoms in total. The molecule has 0 saturated carbocycles. The molecule has 1 atom stereocenters. The van der Waals surface area contributed by atoms with Gasteiger partial charge in [0.2, 0.25) is 10.0 Å². The van der Waals surface area contributed by atoms with E-state index in [-0.39, 0.29) is 0 Å². The van der Waals surface area contributed by atoms with E-state index < -0.39 is 10.0 Å². The average Bonchev–Trinajstić information content (AvgIpc) is 2.32. The summed E-state index contributed by atoms with van der Waals surface area (Å²) in [5, 5.41) is 0. The van der Waals surface area contributed by atoms with Crippen molar-refractivity contribution in [3.8, 4) is 0 Å². The SMILES string of the molecule is CC1CCCN(S(=O)(=O)c2ccc(N)c(Br)c2)C1. The molecule has 0 aliphatic carbocycles. The van der Waals surface area contributed by atoms with Crippen LogP contribution in [0.4, 0.5) is 5.69 Å². The zero-order valence-electron chi connectivity index (χ0n) is 10.3. The van der Waals surface area contributed by atoms with Crippen molar-refractivity contribution in [1.82, 2.24) is 4.31 Å². The summed E-state index contributed by atoms with van der Waals surface area (Å²) in [5.41, 5.74) is 6.22. The summed E-state index contributed by atoms with van der Waals surface area (Å²) < 4.78 is 27.1. The Morgan fingerprint density at radius 2 is 2.17 bits per heavy atom. The molecule has 1 aliphatic rings. The second kappa shape index (κ2) is 5.19. The molecule has 18 heavy (non-hydrogen) atoms. The number of nitrogens with zero attached hydrogens (tertiary/aromatic N) is 1. The molecular weight excluding hydrogens is 316 g/mol. The minimum Gasteiger partial charge on any atom is -0.398 e. The Kier molecular flexibility index (Phi) is 3.99. The fourth-order valence-electron chi connectivity index (χ4n) is 2.18. The summed E-state index contributed by atoms with van der Waals surface area (Å²) in [5.74, 6) is 0.422. The van der Waals surface area contributed by atoms with Crippen molar-refractivity contribution in [2.75, 3.05) is 18.8 Å². The molecule has 6 heteroatoms. The quantitative estimate of drug-likeness (QED) is 0.846. The van der Waals surface area contributed by atoms with Crippen LogP contribution in [-0.2, 0) is 10.0 Å². The minimum atomic E-state index is -3.39. The highest BCUT2D eigenvalue weighted by Crippen LogP contribution is 2.27. The predicted octanol–water partition coefficient (Wildman–Crippen LogP) is 2.45. The zero-order chi connectivity index (χ0) is 13.3. The third-order valence-corrected chi connectivity index (χ3v) is 5.78. The van der Waals surface area contributed by atoms with Crippen molar-refractivity contribution < 1.29 is 8.42 Å². The van der Waals surface area contributed by atoms with Gasteiger partial charge in [0, 0.05) is 23.2 Å². The van der Waals surface area contributed by atoms with Gasteiger partial charge in [0.25, 0.3) is 0 Å². The molecule has 1 aliphatic heterocycles. The van der Waals surface area contributed by atoms with Gasteiger partial charge in [-0.05, 0) is 52.9 Å². The lowest BCUT2D eigenvalue weighted by Crippen LogP contribution is -2.39. The van der Waals surface area contributed by atoms with Gasteiger partial charge in [0.1, 0.15) is 0 Å². The number of sulfonamides is 1. The average molecular weight is 333 g/mol. The lowest BCUT2D eigenvalue weighted by Gasteiger charge is -2.30. The van der Waals surface area contributed by atoms with Crippen molar-refractivity contribution in [1.29, 1.82) is 0 Å². The normalized spacial score (nSPS) is 22.0. The van der Waals surface area contributed by atoms with Crippen LogP contribution in [0.25, 0.3) is 0 Å². The van der Waals surface area contributed by atoms with Crippen LogP contribution in [-0.4, -0.2) is 25.8 Å². The van der Waals surface area contributed by atoms with Gasteiger partial charge in [-0.15, -0.1) is 0 Å². The number of nitrogens with two attached hydrogens (primary N) is 1. The molecule has 0 radical (unpaired) electrons. The third-order valence-electron chi connectivity index (χ3n) is 3.23. The van der Waals surface area contributed by atoms with Crippen LogP contribution in [0.2, 0.25) is 0 Å². The first-order chi connectivity index (χ1) is 8.41. The van der Waals surface area contributed by atoms with E-state index in [2.05, 4.69) is 22.9 Å². The summed E-state index contributed by atoms with van der Waals surface area (Å²) in [4.78, 5) is 0.303. The molecule has 1 unspecified atom stereocenters. The van der Waals surface area contributed by atoms with Gasteiger partial charge >= 0.3 is 0 Å². The van der Waals surface area contributed by atoms with Crippen LogP contribution in [0.3, 0.4) is 0 Å². The van der Waals surface area contributed by atoms with Crippen molar-refractivity contribution in [2.45, 2.75) is 24.7 Å². The van der Waals surface area contributed by atoms with E-state index >= 15 is 0 Å². The number of hydrogen-bond acceptors (Lipinski definition) is 3. The van der Waals surface area contributed by atoms with E-state index in [0.29, 0.717) is 34.1 Å². The molecule has 0 aromatic heterocycles. The maximum absolute atomic E-state index is 12.5. The van der Waals surface area contributed by atoms with Crippen LogP contribution < -0.4 is 5.73 Å². The molecule has 0 spiro atoms. The maximum atomic E-state index is 12.5. The Hall–Kier alpha value is -0.590. The molecular formula is C12H17BrN2O2S. The topological polar surface area (TPSA) is 63.4 Å². The molecule has 1 saturated heterocycles. The third kappa shape index (κ3) is 2.70. The number of halogens is 1. The lowest BCUT2D eigenvalue weighted by molar-refractivity contribution is 0.281. The van der Waals surface area contributed by atoms with E-state index in [4.69, 9.17) is 5.73 Å². The molecule has 0 amide bonds. The fourth-order valence-corrected chi connectivity index (χ4v) is 4.34. The summed E-state index contributed by atoms with van der Waals surface area (Å²) >= 11 is 3.27. The largest absolute Gasteiger partial charge is 0.398 e. The molecule has 0 bridgehead atoms. The number of hydrogen-bond donors (Lipinski definition) is 1. The highest BCUT2D eigenvalue weighted by Gasteiger charge is 2.28. The van der Waals surface area contributed by atoms with Crippen molar-refractivity contribution >= 4 is 31.6 Å². The molecule has 1 aromatic rings. The second-order valence-electron chi connectivity index (χ2n) is 4.79. The van der Waals surface area contributed by atoms with Gasteiger partial charge in [-0.2, -0.15) is 4.31 Å². The standard InChI is InChI=1S/C12H17BrN2O2S/c1-9-3-2-6-15(8-9)18(16,17)10-4-5-12(14)11(13)7-10/h4-5,7,9H,2-3,6,8,14H2,1H3. The summed E-state index contributed by atoms with van der Waals surface area (Å²) in [6.07, 6.45) is 2.02. The molecule has 1 aromatic carbocycles. The number of nitrogen functional groups attached to an aromatic ring is 1. The maximum Gasteiger partial charge on any atom is 0.243 e. The molecule has 1 fully saturated rings. The highest BCUT2D eigenvalue weighted by atomic mass is 79.9. The highest BCUT2D eigenvalue weighted by molar-refractivity contribution is 9.10. The van der Waals surface area contributed by atoms with E-state index in [1.807, 2.05) is 0 Å². The lowest BCUT2D eigenvalue weighted by atomic mass is 10.0. The van der Waals surface area contributed by atoms with Gasteiger partial charge in [0.05, 0.1) is 4.90 Å². The first-order valence-electron chi connectivity index (χ1n) is 5.96. The number of piperidine rings is 1. The van der Waals surface area contributed by atoms with Crippen LogP contribution in [0, 0.1) is 5.92 Å². The smallest absolute Gasteiger partial charge is 0.243 e. The van der Waals surface area contributed by atoms with Gasteiger partial charge < -0.3 is 5.73 Å². The van der Waals surface area contributed by atoms with E-state index in [9.17, 15) is 8.42 Å². The Morgan fingerprint density at radius 3 is 2.78 bits per heavy atom. The van der Waals surface area contributed by atoms with Crippen molar-refractivity contribution in [3.05, 3.63) is 22.7 Å². The Labute approximate surface area is 116 Å². The van der Waals surface area contributed by atoms with Gasteiger partial charge in [-0.3, -0.25) is 0 Å². The summed E-state index contributed by atoms with van der Waals surface area (Å²) in [7, 11) is -3.39. The van der Waals surface area contributed by atoms with Crippen LogP contribution >= 0.6 is 15.9 Å². The molecule has 2 rings (SSSR count). The van der Waals surface area contributed by atoms with Crippen LogP contribution in [0.15, 0.2) is 27.6 Å². The fraction of sp³-hybridized carbons (Fsp3) is 0.500. The Balaban J connectivity index is 2.32. The predicted molar refractivity (Wildman–Crippen MR) is 75.7 cm³/mol. The molecule has 1 heterocycles. The van der Waals surface area contributed by atoms with Crippen molar-refractivity contribution in [3.63, 3.8) is 0 Å². The van der Waals surface area contributed by atoms with Gasteiger partial charge in [0.15, 0.2) is 0 Å². The van der Waals surface area contributed by atoms with E-state index in [1.165, 1.54) is 0 Å². The monoisotopic (exact) mass is 332 g/mol. The number of benzene rings is 1. The minimum absolute atomic E-state index is 0.303. The van der Waals surface area contributed by atoms with Gasteiger partial charge in [-0.25, -0.2) is 8.42 Å². The Morgan fingerprint density at radius 1 is 1.44 bits per heavy atom. The first kappa shape index (κ1) is 13.8. The first-order valence-corrected chi connectivity index (χ1v) is 8.20. The van der Waals surface area contributed by atoms with Gasteiger partial charge in [-0.1, -0.05) is 6.92 Å². The second-order valence-corrected chi connectivity index (χ2v) is 7.59. The van der Waals surface area contributed by atoms with Crippen LogP contribution in [0.5, 0.6) is 0 Å². The number of anilines is 1. The van der Waals surface area contributed by atoms with E-state index in [0.717, 1.165) is 12.8 Å².